The van der Waals surface area contributed by atoms with Crippen LogP contribution in [0.4, 0.5) is 10.1 Å². The molecule has 3 N–H and O–H groups in total. The summed E-state index contributed by atoms with van der Waals surface area (Å²) in [6.45, 7) is 7.74. The fourth-order valence-corrected chi connectivity index (χ4v) is 2.38. The maximum atomic E-state index is 12.9. The lowest BCUT2D eigenvalue weighted by molar-refractivity contribution is -0.114. The Hall–Kier alpha value is -2.19. The lowest BCUT2D eigenvalue weighted by Gasteiger charge is -2.26. The van der Waals surface area contributed by atoms with Gasteiger partial charge in [-0.15, -0.1) is 0 Å². The van der Waals surface area contributed by atoms with Crippen LogP contribution >= 0.6 is 0 Å². The highest BCUT2D eigenvalue weighted by Gasteiger charge is 2.10. The number of guanidine groups is 1. The van der Waals surface area contributed by atoms with Gasteiger partial charge in [0.05, 0.1) is 13.2 Å². The van der Waals surface area contributed by atoms with Crippen molar-refractivity contribution in [3.8, 4) is 0 Å². The van der Waals surface area contributed by atoms with E-state index in [0.717, 1.165) is 39.4 Å². The molecule has 138 valence electrons. The van der Waals surface area contributed by atoms with Crippen LogP contribution in [0, 0.1) is 5.82 Å². The van der Waals surface area contributed by atoms with Gasteiger partial charge in [-0.3, -0.25) is 9.69 Å². The van der Waals surface area contributed by atoms with E-state index in [1.165, 1.54) is 24.3 Å². The molecule has 25 heavy (non-hydrogen) atoms. The fraction of sp³-hybridized carbons (Fsp3) is 0.529. The zero-order valence-corrected chi connectivity index (χ0v) is 14.6. The summed E-state index contributed by atoms with van der Waals surface area (Å²) in [6.07, 6.45) is 0. The number of nitrogens with zero attached hydrogens (tertiary/aromatic N) is 2. The Balaban J connectivity index is 1.75. The Morgan fingerprint density at radius 2 is 1.96 bits per heavy atom. The fourth-order valence-electron chi connectivity index (χ4n) is 2.38. The minimum absolute atomic E-state index is 0.00966. The molecule has 0 spiro atoms. The summed E-state index contributed by atoms with van der Waals surface area (Å²) in [5.74, 6) is 0.0110. The molecule has 1 amide bonds. The third-order valence-corrected chi connectivity index (χ3v) is 3.68. The van der Waals surface area contributed by atoms with Gasteiger partial charge in [-0.05, 0) is 31.2 Å². The van der Waals surface area contributed by atoms with E-state index in [1.807, 2.05) is 6.92 Å². The number of aliphatic imine (C=N–C) groups is 1. The average Bonchev–Trinajstić information content (AvgIpc) is 2.62. The van der Waals surface area contributed by atoms with Gasteiger partial charge in [0.15, 0.2) is 5.96 Å². The molecule has 0 saturated carbocycles. The van der Waals surface area contributed by atoms with E-state index in [4.69, 9.17) is 4.74 Å². The van der Waals surface area contributed by atoms with Crippen molar-refractivity contribution < 1.29 is 13.9 Å². The quantitative estimate of drug-likeness (QED) is 0.497. The highest BCUT2D eigenvalue weighted by Crippen LogP contribution is 2.07. The SMILES string of the molecule is CCNC(=NCC(=O)Nc1ccc(F)cc1)NCCN1CCOCC1. The van der Waals surface area contributed by atoms with Crippen molar-refractivity contribution in [3.63, 3.8) is 0 Å². The summed E-state index contributed by atoms with van der Waals surface area (Å²) in [6, 6.07) is 5.64. The molecular formula is C17H26FN5O2. The summed E-state index contributed by atoms with van der Waals surface area (Å²) in [7, 11) is 0. The summed E-state index contributed by atoms with van der Waals surface area (Å²) < 4.78 is 18.2. The Morgan fingerprint density at radius 3 is 2.64 bits per heavy atom. The maximum absolute atomic E-state index is 12.9. The van der Waals surface area contributed by atoms with Crippen molar-refractivity contribution in [2.24, 2.45) is 4.99 Å². The largest absolute Gasteiger partial charge is 0.379 e. The molecule has 7 nitrogen and oxygen atoms in total. The van der Waals surface area contributed by atoms with Gasteiger partial charge in [-0.1, -0.05) is 0 Å². The minimum atomic E-state index is -0.338. The summed E-state index contributed by atoms with van der Waals surface area (Å²) in [4.78, 5) is 18.5. The molecule has 1 aliphatic heterocycles. The zero-order chi connectivity index (χ0) is 17.9. The van der Waals surface area contributed by atoms with Crippen molar-refractivity contribution in [3.05, 3.63) is 30.1 Å². The average molecular weight is 351 g/mol. The van der Waals surface area contributed by atoms with Gasteiger partial charge in [0.2, 0.25) is 5.91 Å². The molecule has 0 atom stereocenters. The van der Waals surface area contributed by atoms with Gasteiger partial charge < -0.3 is 20.7 Å². The number of morpholine rings is 1. The van der Waals surface area contributed by atoms with Gasteiger partial charge in [0.1, 0.15) is 12.4 Å². The zero-order valence-electron chi connectivity index (χ0n) is 14.6. The van der Waals surface area contributed by atoms with E-state index in [1.54, 1.807) is 0 Å². The van der Waals surface area contributed by atoms with Crippen molar-refractivity contribution >= 4 is 17.6 Å². The highest BCUT2D eigenvalue weighted by molar-refractivity contribution is 5.94. The number of amides is 1. The van der Waals surface area contributed by atoms with E-state index >= 15 is 0 Å². The number of benzene rings is 1. The van der Waals surface area contributed by atoms with Crippen LogP contribution < -0.4 is 16.0 Å². The number of ether oxygens (including phenoxy) is 1. The molecule has 8 heteroatoms. The van der Waals surface area contributed by atoms with Crippen LogP contribution in [0.2, 0.25) is 0 Å². The molecule has 0 unspecified atom stereocenters. The molecule has 1 saturated heterocycles. The first-order valence-electron chi connectivity index (χ1n) is 8.55. The van der Waals surface area contributed by atoms with Crippen LogP contribution in [-0.4, -0.2) is 69.2 Å². The van der Waals surface area contributed by atoms with Crippen LogP contribution in [-0.2, 0) is 9.53 Å². The molecule has 0 bridgehead atoms. The molecule has 1 fully saturated rings. The highest BCUT2D eigenvalue weighted by atomic mass is 19.1. The standard InChI is InChI=1S/C17H26FN5O2/c1-2-19-17(20-7-8-23-9-11-25-12-10-23)21-13-16(24)22-15-5-3-14(18)4-6-15/h3-6H,2,7-13H2,1H3,(H,22,24)(H2,19,20,21). The van der Waals surface area contributed by atoms with E-state index < -0.39 is 0 Å². The lowest BCUT2D eigenvalue weighted by atomic mass is 10.3. The molecule has 0 aromatic heterocycles. The number of hydrogen-bond acceptors (Lipinski definition) is 4. The van der Waals surface area contributed by atoms with Gasteiger partial charge >= 0.3 is 0 Å². The van der Waals surface area contributed by atoms with Crippen molar-refractivity contribution in [1.82, 2.24) is 15.5 Å². The van der Waals surface area contributed by atoms with Gasteiger partial charge in [-0.25, -0.2) is 9.38 Å². The number of halogens is 1. The Kier molecular flexibility index (Phi) is 8.14. The molecule has 0 aliphatic carbocycles. The molecule has 1 aromatic rings. The van der Waals surface area contributed by atoms with Crippen LogP contribution in [0.3, 0.4) is 0 Å². The van der Waals surface area contributed by atoms with Crippen LogP contribution in [0.15, 0.2) is 29.3 Å². The van der Waals surface area contributed by atoms with Gasteiger partial charge in [0, 0.05) is 38.4 Å². The second-order valence-electron chi connectivity index (χ2n) is 5.63. The van der Waals surface area contributed by atoms with Crippen molar-refractivity contribution in [1.29, 1.82) is 0 Å². The van der Waals surface area contributed by atoms with Crippen molar-refractivity contribution in [2.75, 3.05) is 57.8 Å². The lowest BCUT2D eigenvalue weighted by Crippen LogP contribution is -2.44. The van der Waals surface area contributed by atoms with E-state index in [2.05, 4.69) is 25.8 Å². The predicted molar refractivity (Wildman–Crippen MR) is 96.3 cm³/mol. The first-order valence-corrected chi connectivity index (χ1v) is 8.55. The van der Waals surface area contributed by atoms with Gasteiger partial charge in [-0.2, -0.15) is 0 Å². The summed E-state index contributed by atoms with van der Waals surface area (Å²) in [5.41, 5.74) is 0.548. The predicted octanol–water partition coefficient (Wildman–Crippen LogP) is 0.652. The number of nitrogens with one attached hydrogen (secondary N) is 3. The topological polar surface area (TPSA) is 78.0 Å². The monoisotopic (exact) mass is 351 g/mol. The van der Waals surface area contributed by atoms with E-state index in [-0.39, 0.29) is 18.3 Å². The Morgan fingerprint density at radius 1 is 1.24 bits per heavy atom. The van der Waals surface area contributed by atoms with E-state index in [9.17, 15) is 9.18 Å². The van der Waals surface area contributed by atoms with E-state index in [0.29, 0.717) is 18.2 Å². The second-order valence-corrected chi connectivity index (χ2v) is 5.63. The number of carbonyl (C=O) groups excluding carboxylic acids is 1. The number of anilines is 1. The number of carbonyl (C=O) groups is 1. The number of rotatable bonds is 7. The van der Waals surface area contributed by atoms with Crippen LogP contribution in [0.5, 0.6) is 0 Å². The van der Waals surface area contributed by atoms with Crippen LogP contribution in [0.1, 0.15) is 6.92 Å². The summed E-state index contributed by atoms with van der Waals surface area (Å²) in [5, 5.41) is 9.02. The maximum Gasteiger partial charge on any atom is 0.246 e. The van der Waals surface area contributed by atoms with Crippen LogP contribution in [0.25, 0.3) is 0 Å². The third-order valence-electron chi connectivity index (χ3n) is 3.68. The molecule has 1 aliphatic rings. The first-order chi connectivity index (χ1) is 12.2. The Bertz CT molecular complexity index is 559. The normalized spacial score (nSPS) is 15.7. The molecule has 1 heterocycles. The van der Waals surface area contributed by atoms with Gasteiger partial charge in [0.25, 0.3) is 0 Å². The smallest absolute Gasteiger partial charge is 0.246 e. The molecule has 2 rings (SSSR count). The second kappa shape index (κ2) is 10.6. The third kappa shape index (κ3) is 7.49. The minimum Gasteiger partial charge on any atom is -0.379 e. The first kappa shape index (κ1) is 19.1. The number of hydrogen-bond donors (Lipinski definition) is 3. The Labute approximate surface area is 147 Å². The molecular weight excluding hydrogens is 325 g/mol. The molecule has 0 radical (unpaired) electrons. The molecule has 1 aromatic carbocycles. The summed E-state index contributed by atoms with van der Waals surface area (Å²) >= 11 is 0. The van der Waals surface area contributed by atoms with Crippen molar-refractivity contribution in [2.45, 2.75) is 6.92 Å².